The second kappa shape index (κ2) is 5.92. The molecule has 1 heterocycles. The number of aromatic carboxylic acids is 1. The molecule has 2 N–H and O–H groups in total. The zero-order valence-electron chi connectivity index (χ0n) is 11.1. The van der Waals surface area contributed by atoms with Gasteiger partial charge in [-0.05, 0) is 19.4 Å². The van der Waals surface area contributed by atoms with E-state index in [-0.39, 0.29) is 10.6 Å². The van der Waals surface area contributed by atoms with E-state index >= 15 is 0 Å². The second-order valence-electron chi connectivity index (χ2n) is 4.43. The third-order valence-corrected chi connectivity index (χ3v) is 3.84. The van der Waals surface area contributed by atoms with Crippen LogP contribution >= 0.6 is 11.8 Å². The predicted molar refractivity (Wildman–Crippen MR) is 77.3 cm³/mol. The maximum absolute atomic E-state index is 11.4. The standard InChI is InChI=1S/C14H14N2O3S/c1-8-3-5-10(6-4-8)7-20-12-11(13(17)18)9(2)15-14(19)16-12/h3-6H,7H2,1-2H3,(H,17,18)(H,15,16,19). The number of H-pyrrole nitrogens is 1. The number of aromatic amines is 1. The van der Waals surface area contributed by atoms with Crippen molar-refractivity contribution < 1.29 is 9.90 Å². The van der Waals surface area contributed by atoms with Gasteiger partial charge in [0.1, 0.15) is 10.6 Å². The molecule has 0 aliphatic heterocycles. The SMILES string of the molecule is Cc1ccc(CSc2nc(=O)[nH]c(C)c2C(=O)O)cc1. The van der Waals surface area contributed by atoms with Gasteiger partial charge in [0, 0.05) is 11.4 Å². The molecule has 0 unspecified atom stereocenters. The Kier molecular flexibility index (Phi) is 4.24. The van der Waals surface area contributed by atoms with Crippen molar-refractivity contribution in [2.75, 3.05) is 0 Å². The third-order valence-electron chi connectivity index (χ3n) is 2.80. The summed E-state index contributed by atoms with van der Waals surface area (Å²) in [5.41, 5.74) is 2.07. The van der Waals surface area contributed by atoms with Gasteiger partial charge in [-0.2, -0.15) is 4.98 Å². The largest absolute Gasteiger partial charge is 0.478 e. The van der Waals surface area contributed by atoms with Gasteiger partial charge >= 0.3 is 11.7 Å². The average Bonchev–Trinajstić information content (AvgIpc) is 2.36. The van der Waals surface area contributed by atoms with Crippen LogP contribution in [0.4, 0.5) is 0 Å². The smallest absolute Gasteiger partial charge is 0.346 e. The van der Waals surface area contributed by atoms with Crippen LogP contribution in [0, 0.1) is 13.8 Å². The van der Waals surface area contributed by atoms with Crippen molar-refractivity contribution in [2.24, 2.45) is 0 Å². The van der Waals surface area contributed by atoms with Crippen molar-refractivity contribution in [2.45, 2.75) is 24.6 Å². The fraction of sp³-hybridized carbons (Fsp3) is 0.214. The van der Waals surface area contributed by atoms with Crippen molar-refractivity contribution in [3.05, 3.63) is 57.1 Å². The molecule has 5 nitrogen and oxygen atoms in total. The fourth-order valence-electron chi connectivity index (χ4n) is 1.75. The summed E-state index contributed by atoms with van der Waals surface area (Å²) in [6.45, 7) is 3.56. The van der Waals surface area contributed by atoms with Crippen LogP contribution in [0.5, 0.6) is 0 Å². The first-order chi connectivity index (χ1) is 9.47. The van der Waals surface area contributed by atoms with Crippen molar-refractivity contribution in [3.63, 3.8) is 0 Å². The number of thioether (sulfide) groups is 1. The number of nitrogens with zero attached hydrogens (tertiary/aromatic N) is 1. The summed E-state index contributed by atoms with van der Waals surface area (Å²) in [6.07, 6.45) is 0. The first-order valence-electron chi connectivity index (χ1n) is 6.00. The number of aromatic nitrogens is 2. The van der Waals surface area contributed by atoms with Gasteiger partial charge < -0.3 is 10.1 Å². The summed E-state index contributed by atoms with van der Waals surface area (Å²) in [5.74, 6) is -0.520. The molecule has 104 valence electrons. The molecule has 1 aromatic heterocycles. The molecule has 0 radical (unpaired) electrons. The van der Waals surface area contributed by atoms with Crippen LogP contribution in [0.3, 0.4) is 0 Å². The second-order valence-corrected chi connectivity index (χ2v) is 5.39. The fourth-order valence-corrected chi connectivity index (χ4v) is 2.78. The molecule has 2 aromatic rings. The molecule has 0 spiro atoms. The number of rotatable bonds is 4. The number of carboxylic acid groups (broad SMARTS) is 1. The maximum atomic E-state index is 11.4. The van der Waals surface area contributed by atoms with E-state index in [2.05, 4.69) is 9.97 Å². The molecule has 0 aliphatic carbocycles. The van der Waals surface area contributed by atoms with Crippen LogP contribution in [0.1, 0.15) is 27.2 Å². The first-order valence-corrected chi connectivity index (χ1v) is 6.98. The Morgan fingerprint density at radius 2 is 1.95 bits per heavy atom. The summed E-state index contributed by atoms with van der Waals surface area (Å²) in [4.78, 5) is 28.8. The Morgan fingerprint density at radius 3 is 2.55 bits per heavy atom. The van der Waals surface area contributed by atoms with E-state index in [9.17, 15) is 14.7 Å². The quantitative estimate of drug-likeness (QED) is 0.667. The van der Waals surface area contributed by atoms with Gasteiger partial charge in [0.25, 0.3) is 0 Å². The summed E-state index contributed by atoms with van der Waals surface area (Å²) >= 11 is 1.25. The lowest BCUT2D eigenvalue weighted by molar-refractivity contribution is 0.0690. The molecular formula is C14H14N2O3S. The number of aryl methyl sites for hydroxylation is 2. The van der Waals surface area contributed by atoms with Crippen molar-refractivity contribution >= 4 is 17.7 Å². The van der Waals surface area contributed by atoms with Crippen LogP contribution in [0.15, 0.2) is 34.1 Å². The molecule has 0 amide bonds. The molecule has 1 aromatic carbocycles. The molecule has 0 fully saturated rings. The number of hydrogen-bond donors (Lipinski definition) is 2. The molecule has 20 heavy (non-hydrogen) atoms. The molecule has 2 rings (SSSR count). The molecule has 0 saturated heterocycles. The van der Waals surface area contributed by atoms with E-state index in [1.165, 1.54) is 11.8 Å². The number of carboxylic acids is 1. The first kappa shape index (κ1) is 14.3. The van der Waals surface area contributed by atoms with E-state index in [4.69, 9.17) is 0 Å². The minimum Gasteiger partial charge on any atom is -0.478 e. The lowest BCUT2D eigenvalue weighted by Gasteiger charge is -2.07. The minimum atomic E-state index is -1.09. The van der Waals surface area contributed by atoms with Crippen LogP contribution in [0.25, 0.3) is 0 Å². The Bertz CT molecular complexity index is 693. The summed E-state index contributed by atoms with van der Waals surface area (Å²) < 4.78 is 0. The van der Waals surface area contributed by atoms with Gasteiger partial charge in [-0.1, -0.05) is 29.8 Å². The van der Waals surface area contributed by atoms with E-state index in [0.717, 1.165) is 11.1 Å². The third kappa shape index (κ3) is 3.27. The van der Waals surface area contributed by atoms with Crippen LogP contribution in [-0.4, -0.2) is 21.0 Å². The molecular weight excluding hydrogens is 276 g/mol. The number of nitrogens with one attached hydrogen (secondary N) is 1. The minimum absolute atomic E-state index is 0.0571. The number of hydrogen-bond acceptors (Lipinski definition) is 4. The maximum Gasteiger partial charge on any atom is 0.346 e. The zero-order chi connectivity index (χ0) is 14.7. The van der Waals surface area contributed by atoms with E-state index in [0.29, 0.717) is 11.4 Å². The molecule has 6 heteroatoms. The number of benzene rings is 1. The highest BCUT2D eigenvalue weighted by Gasteiger charge is 2.16. The van der Waals surface area contributed by atoms with Gasteiger partial charge in [0.05, 0.1) is 0 Å². The van der Waals surface area contributed by atoms with E-state index in [1.807, 2.05) is 31.2 Å². The average molecular weight is 290 g/mol. The van der Waals surface area contributed by atoms with Crippen LogP contribution < -0.4 is 5.69 Å². The molecule has 0 bridgehead atoms. The van der Waals surface area contributed by atoms with Crippen molar-refractivity contribution in [1.29, 1.82) is 0 Å². The van der Waals surface area contributed by atoms with Crippen LogP contribution in [0.2, 0.25) is 0 Å². The summed E-state index contributed by atoms with van der Waals surface area (Å²) in [7, 11) is 0. The Balaban J connectivity index is 2.27. The van der Waals surface area contributed by atoms with E-state index in [1.54, 1.807) is 6.92 Å². The highest BCUT2D eigenvalue weighted by molar-refractivity contribution is 7.98. The summed E-state index contributed by atoms with van der Waals surface area (Å²) in [6, 6.07) is 7.93. The highest BCUT2D eigenvalue weighted by Crippen LogP contribution is 2.24. The van der Waals surface area contributed by atoms with Gasteiger partial charge in [-0.25, -0.2) is 9.59 Å². The van der Waals surface area contributed by atoms with Crippen molar-refractivity contribution in [1.82, 2.24) is 9.97 Å². The topological polar surface area (TPSA) is 83.0 Å². The Morgan fingerprint density at radius 1 is 1.30 bits per heavy atom. The van der Waals surface area contributed by atoms with Gasteiger partial charge in [0.15, 0.2) is 0 Å². The predicted octanol–water partition coefficient (Wildman–Crippen LogP) is 2.38. The highest BCUT2D eigenvalue weighted by atomic mass is 32.2. The van der Waals surface area contributed by atoms with E-state index < -0.39 is 11.7 Å². The molecule has 0 saturated carbocycles. The Hall–Kier alpha value is -2.08. The lowest BCUT2D eigenvalue weighted by Crippen LogP contribution is -2.18. The van der Waals surface area contributed by atoms with Gasteiger partial charge in [0.2, 0.25) is 0 Å². The number of carbonyl (C=O) groups is 1. The molecule has 0 atom stereocenters. The lowest BCUT2D eigenvalue weighted by atomic mass is 10.2. The zero-order valence-corrected chi connectivity index (χ0v) is 12.0. The van der Waals surface area contributed by atoms with Gasteiger partial charge in [-0.3, -0.25) is 0 Å². The monoisotopic (exact) mass is 290 g/mol. The molecule has 0 aliphatic rings. The normalized spacial score (nSPS) is 10.5. The summed E-state index contributed by atoms with van der Waals surface area (Å²) in [5, 5.41) is 9.44. The van der Waals surface area contributed by atoms with Gasteiger partial charge in [-0.15, -0.1) is 11.8 Å². The van der Waals surface area contributed by atoms with Crippen LogP contribution in [-0.2, 0) is 5.75 Å². The van der Waals surface area contributed by atoms with Crippen molar-refractivity contribution in [3.8, 4) is 0 Å². The Labute approximate surface area is 120 Å².